The lowest BCUT2D eigenvalue weighted by atomic mass is 9.99. The zero-order valence-corrected chi connectivity index (χ0v) is 41.7. The van der Waals surface area contributed by atoms with E-state index < -0.39 is 59.8 Å². The molecule has 0 bridgehead atoms. The summed E-state index contributed by atoms with van der Waals surface area (Å²) in [5.74, 6) is -0.398. The lowest BCUT2D eigenvalue weighted by Crippen LogP contribution is -2.60. The van der Waals surface area contributed by atoms with Crippen molar-refractivity contribution in [3.05, 3.63) is 12.2 Å². The predicted molar refractivity (Wildman–Crippen MR) is 258 cm³/mol. The molecular weight excluding hydrogens is 837 g/mol. The number of rotatable bonds is 47. The van der Waals surface area contributed by atoms with Gasteiger partial charge in [-0.05, 0) is 38.5 Å². The second kappa shape index (κ2) is 43.1. The van der Waals surface area contributed by atoms with E-state index >= 15 is 0 Å². The summed E-state index contributed by atoms with van der Waals surface area (Å²) in [5.41, 5.74) is 0. The lowest BCUT2D eigenvalue weighted by molar-refractivity contribution is -0.301. The van der Waals surface area contributed by atoms with Crippen molar-refractivity contribution in [3.8, 4) is 0 Å². The Kier molecular flexibility index (Phi) is 41.0. The molecule has 1 aliphatic rings. The summed E-state index contributed by atoms with van der Waals surface area (Å²) in [7, 11) is -5.06. The Morgan fingerprint density at radius 3 is 1.41 bits per heavy atom. The molecule has 0 saturated carbocycles. The first-order valence-electron chi connectivity index (χ1n) is 26.4. The molecule has 380 valence electrons. The van der Waals surface area contributed by atoms with Crippen molar-refractivity contribution in [1.29, 1.82) is 0 Å². The van der Waals surface area contributed by atoms with E-state index in [9.17, 15) is 33.1 Å². The highest BCUT2D eigenvalue weighted by Crippen LogP contribution is 2.26. The maximum atomic E-state index is 12.9. The molecule has 0 aromatic carbocycles. The molecule has 0 aromatic rings. The number of carbonyl (C=O) groups excluding carboxylic acids is 1. The maximum absolute atomic E-state index is 12.9. The molecule has 0 spiro atoms. The highest BCUT2D eigenvalue weighted by atomic mass is 32.3. The van der Waals surface area contributed by atoms with Gasteiger partial charge in [-0.2, -0.15) is 8.42 Å². The molecule has 0 radical (unpaired) electrons. The molecule has 0 aliphatic carbocycles. The van der Waals surface area contributed by atoms with Gasteiger partial charge in [0, 0.05) is 13.0 Å². The van der Waals surface area contributed by atoms with Crippen molar-refractivity contribution in [1.82, 2.24) is 0 Å². The first kappa shape index (κ1) is 60.9. The predicted octanol–water partition coefficient (Wildman–Crippen LogP) is 12.2. The van der Waals surface area contributed by atoms with E-state index in [0.717, 1.165) is 44.9 Å². The van der Waals surface area contributed by atoms with Crippen molar-refractivity contribution in [2.75, 3.05) is 26.4 Å². The van der Waals surface area contributed by atoms with Crippen LogP contribution in [0.25, 0.3) is 0 Å². The number of hydrogen-bond acceptors (Lipinski definition) is 11. The van der Waals surface area contributed by atoms with Gasteiger partial charge in [0.15, 0.2) is 6.29 Å². The number of unbranched alkanes of at least 4 members (excludes halogenated alkanes) is 32. The molecule has 64 heavy (non-hydrogen) atoms. The number of aliphatic hydroxyl groups excluding tert-OH is 3. The third-order valence-corrected chi connectivity index (χ3v) is 12.9. The molecule has 13 heteroatoms. The highest BCUT2D eigenvalue weighted by Gasteiger charge is 2.48. The SMILES string of the molecule is CCCCCCCCC/C=C\CCCCCCCCCC(=O)OC(COCCCCCCCCCCCCCCCCCCCCC)COC1OC(CO)C(O)C(OS(=O)(=O)O)C1O. The summed E-state index contributed by atoms with van der Waals surface area (Å²) >= 11 is 0. The Hall–Kier alpha value is -1.16. The van der Waals surface area contributed by atoms with Gasteiger partial charge >= 0.3 is 16.4 Å². The number of hydrogen-bond donors (Lipinski definition) is 4. The molecule has 12 nitrogen and oxygen atoms in total. The van der Waals surface area contributed by atoms with E-state index in [1.165, 1.54) is 173 Å². The molecule has 1 saturated heterocycles. The molecule has 1 heterocycles. The van der Waals surface area contributed by atoms with E-state index in [-0.39, 0.29) is 19.6 Å². The summed E-state index contributed by atoms with van der Waals surface area (Å²) in [6.45, 7) is 4.04. The molecular formula is C51H98O12S. The molecule has 0 amide bonds. The van der Waals surface area contributed by atoms with Crippen molar-refractivity contribution in [3.63, 3.8) is 0 Å². The van der Waals surface area contributed by atoms with Crippen LogP contribution in [0.2, 0.25) is 0 Å². The van der Waals surface area contributed by atoms with Crippen molar-refractivity contribution < 1.29 is 56.2 Å². The summed E-state index contributed by atoms with van der Waals surface area (Å²) < 4.78 is 59.3. The molecule has 0 aromatic heterocycles. The van der Waals surface area contributed by atoms with Gasteiger partial charge in [-0.15, -0.1) is 0 Å². The number of aliphatic hydroxyl groups is 3. The molecule has 4 N–H and O–H groups in total. The largest absolute Gasteiger partial charge is 0.457 e. The number of carbonyl (C=O) groups is 1. The van der Waals surface area contributed by atoms with Gasteiger partial charge in [0.25, 0.3) is 0 Å². The molecule has 1 rings (SSSR count). The van der Waals surface area contributed by atoms with E-state index in [0.29, 0.717) is 13.0 Å². The van der Waals surface area contributed by atoms with Gasteiger partial charge < -0.3 is 34.3 Å². The van der Waals surface area contributed by atoms with Crippen LogP contribution in [-0.4, -0.2) is 97.5 Å². The zero-order chi connectivity index (χ0) is 46.8. The number of esters is 1. The Bertz CT molecular complexity index is 1170. The zero-order valence-electron chi connectivity index (χ0n) is 40.9. The first-order chi connectivity index (χ1) is 31.1. The quantitative estimate of drug-likeness (QED) is 0.0197. The van der Waals surface area contributed by atoms with Crippen molar-refractivity contribution >= 4 is 16.4 Å². The topological polar surface area (TPSA) is 178 Å². The van der Waals surface area contributed by atoms with Gasteiger partial charge in [0.05, 0.1) is 19.8 Å². The fourth-order valence-corrected chi connectivity index (χ4v) is 8.88. The van der Waals surface area contributed by atoms with Gasteiger partial charge in [-0.1, -0.05) is 212 Å². The number of ether oxygens (including phenoxy) is 4. The number of allylic oxidation sites excluding steroid dienone is 2. The van der Waals surface area contributed by atoms with E-state index in [1.807, 2.05) is 0 Å². The third kappa shape index (κ3) is 36.0. The van der Waals surface area contributed by atoms with Gasteiger partial charge in [-0.3, -0.25) is 9.35 Å². The Balaban J connectivity index is 2.34. The molecule has 6 unspecified atom stereocenters. The summed E-state index contributed by atoms with van der Waals surface area (Å²) in [6, 6.07) is 0. The lowest BCUT2D eigenvalue weighted by Gasteiger charge is -2.41. The second-order valence-electron chi connectivity index (χ2n) is 18.5. The second-order valence-corrected chi connectivity index (χ2v) is 19.5. The average molecular weight is 935 g/mol. The normalized spacial score (nSPS) is 19.8. The Morgan fingerprint density at radius 2 is 0.984 bits per heavy atom. The van der Waals surface area contributed by atoms with Crippen LogP contribution in [0.4, 0.5) is 0 Å². The minimum absolute atomic E-state index is 0.0406. The average Bonchev–Trinajstić information content (AvgIpc) is 3.27. The fraction of sp³-hybridized carbons (Fsp3) is 0.941. The first-order valence-corrected chi connectivity index (χ1v) is 27.8. The Morgan fingerprint density at radius 1 is 0.578 bits per heavy atom. The monoisotopic (exact) mass is 935 g/mol. The smallest absolute Gasteiger partial charge is 0.397 e. The standard InChI is InChI=1S/C51H98O12S/c1-3-5-7-9-11-13-15-17-19-21-23-25-27-29-31-33-35-37-39-41-59-43-45(44-60-51-49(55)50(63-64(56,57)58)48(54)46(42-52)62-51)61-47(53)40-38-36-34-32-30-28-26-24-22-20-18-16-14-12-10-8-6-4-2/h20,22,45-46,48-52,54-55H,3-19,21,23-44H2,1-2H3,(H,56,57,58)/b22-20-. The van der Waals surface area contributed by atoms with Crippen LogP contribution in [0.15, 0.2) is 12.2 Å². The van der Waals surface area contributed by atoms with Crippen molar-refractivity contribution in [2.24, 2.45) is 0 Å². The summed E-state index contributed by atoms with van der Waals surface area (Å²) in [4.78, 5) is 12.9. The van der Waals surface area contributed by atoms with Crippen LogP contribution in [0.3, 0.4) is 0 Å². The van der Waals surface area contributed by atoms with Crippen LogP contribution in [0, 0.1) is 0 Å². The van der Waals surface area contributed by atoms with Gasteiger partial charge in [0.1, 0.15) is 30.5 Å². The van der Waals surface area contributed by atoms with Crippen LogP contribution in [0.5, 0.6) is 0 Å². The fourth-order valence-electron chi connectivity index (χ4n) is 8.38. The summed E-state index contributed by atoms with van der Waals surface area (Å²) in [5, 5.41) is 30.8. The Labute approximate surface area is 391 Å². The third-order valence-electron chi connectivity index (χ3n) is 12.4. The molecule has 6 atom stereocenters. The van der Waals surface area contributed by atoms with Gasteiger partial charge in [-0.25, -0.2) is 4.18 Å². The van der Waals surface area contributed by atoms with E-state index in [2.05, 4.69) is 30.2 Å². The van der Waals surface area contributed by atoms with Crippen molar-refractivity contribution in [2.45, 2.75) is 282 Å². The highest BCUT2D eigenvalue weighted by molar-refractivity contribution is 7.80. The van der Waals surface area contributed by atoms with E-state index in [1.54, 1.807) is 0 Å². The van der Waals surface area contributed by atoms with Gasteiger partial charge in [0.2, 0.25) is 0 Å². The van der Waals surface area contributed by atoms with Crippen LogP contribution in [-0.2, 0) is 38.3 Å². The minimum Gasteiger partial charge on any atom is -0.457 e. The van der Waals surface area contributed by atoms with Crippen LogP contribution < -0.4 is 0 Å². The van der Waals surface area contributed by atoms with Crippen LogP contribution >= 0.6 is 0 Å². The van der Waals surface area contributed by atoms with E-state index in [4.69, 9.17) is 18.9 Å². The maximum Gasteiger partial charge on any atom is 0.397 e. The molecule has 1 aliphatic heterocycles. The summed E-state index contributed by atoms with van der Waals surface area (Å²) in [6.07, 6.45) is 39.6. The molecule has 1 fully saturated rings. The minimum atomic E-state index is -5.06. The van der Waals surface area contributed by atoms with Crippen LogP contribution in [0.1, 0.15) is 245 Å².